The number of halogens is 3. The van der Waals surface area contributed by atoms with Crippen molar-refractivity contribution in [1.29, 1.82) is 0 Å². The van der Waals surface area contributed by atoms with Gasteiger partial charge in [0.1, 0.15) is 0 Å². The van der Waals surface area contributed by atoms with Crippen LogP contribution in [-0.4, -0.2) is 18.0 Å². The van der Waals surface area contributed by atoms with Gasteiger partial charge in [-0.05, 0) is 37.1 Å². The van der Waals surface area contributed by atoms with Gasteiger partial charge in [0.25, 0.3) is 5.91 Å². The highest BCUT2D eigenvalue weighted by Crippen LogP contribution is 2.32. The number of esters is 1. The first kappa shape index (κ1) is 19.6. The summed E-state index contributed by atoms with van der Waals surface area (Å²) in [4.78, 5) is 24.2. The molecule has 7 heteroatoms. The predicted octanol–water partition coefficient (Wildman–Crippen LogP) is 5.07. The van der Waals surface area contributed by atoms with Crippen LogP contribution in [-0.2, 0) is 20.7 Å². The molecule has 0 aliphatic heterocycles. The second-order valence-electron chi connectivity index (χ2n) is 5.47. The smallest absolute Gasteiger partial charge is 0.311 e. The van der Waals surface area contributed by atoms with Gasteiger partial charge in [0.2, 0.25) is 0 Å². The Bertz CT molecular complexity index is 808. The second kappa shape index (κ2) is 8.56. The fraction of sp³-hybridized carbons (Fsp3) is 0.222. The third-order valence-electron chi connectivity index (χ3n) is 3.54. The molecular weight excluding hydrogens is 385 g/mol. The second-order valence-corrected chi connectivity index (χ2v) is 6.69. The summed E-state index contributed by atoms with van der Waals surface area (Å²) in [5, 5.41) is 3.34. The molecule has 2 aromatic carbocycles. The van der Waals surface area contributed by atoms with E-state index in [-0.39, 0.29) is 21.5 Å². The Hall–Kier alpha value is -1.75. The Morgan fingerprint density at radius 2 is 1.72 bits per heavy atom. The maximum absolute atomic E-state index is 12.2. The van der Waals surface area contributed by atoms with E-state index in [1.54, 1.807) is 0 Å². The van der Waals surface area contributed by atoms with Crippen LogP contribution < -0.4 is 5.32 Å². The Morgan fingerprint density at radius 3 is 2.40 bits per heavy atom. The van der Waals surface area contributed by atoms with Crippen LogP contribution in [0.2, 0.25) is 15.1 Å². The fourth-order valence-corrected chi connectivity index (χ4v) is 2.70. The van der Waals surface area contributed by atoms with E-state index >= 15 is 0 Å². The van der Waals surface area contributed by atoms with Gasteiger partial charge in [-0.2, -0.15) is 0 Å². The molecule has 0 aliphatic rings. The van der Waals surface area contributed by atoms with Gasteiger partial charge in [0.05, 0.1) is 27.2 Å². The van der Waals surface area contributed by atoms with E-state index in [1.807, 2.05) is 31.2 Å². The van der Waals surface area contributed by atoms with E-state index in [4.69, 9.17) is 39.5 Å². The molecule has 0 saturated heterocycles. The molecule has 1 unspecified atom stereocenters. The van der Waals surface area contributed by atoms with E-state index < -0.39 is 18.0 Å². The van der Waals surface area contributed by atoms with Crippen LogP contribution in [0, 0.1) is 6.92 Å². The van der Waals surface area contributed by atoms with E-state index in [9.17, 15) is 9.59 Å². The number of hydrogen-bond acceptors (Lipinski definition) is 3. The minimum atomic E-state index is -0.984. The third-order valence-corrected chi connectivity index (χ3v) is 4.58. The number of hydrogen-bond donors (Lipinski definition) is 1. The molecular formula is C18H16Cl3NO3. The molecule has 132 valence electrons. The van der Waals surface area contributed by atoms with Crippen molar-refractivity contribution >= 4 is 52.4 Å². The lowest BCUT2D eigenvalue weighted by Gasteiger charge is -2.15. The molecule has 25 heavy (non-hydrogen) atoms. The summed E-state index contributed by atoms with van der Waals surface area (Å²) in [6, 6.07) is 10.4. The van der Waals surface area contributed by atoms with Crippen molar-refractivity contribution in [2.24, 2.45) is 0 Å². The maximum Gasteiger partial charge on any atom is 0.311 e. The lowest BCUT2D eigenvalue weighted by Crippen LogP contribution is -2.30. The van der Waals surface area contributed by atoms with Crippen LogP contribution in [0.4, 0.5) is 5.69 Å². The van der Waals surface area contributed by atoms with Crippen LogP contribution in [0.3, 0.4) is 0 Å². The van der Waals surface area contributed by atoms with E-state index in [0.29, 0.717) is 5.69 Å². The summed E-state index contributed by atoms with van der Waals surface area (Å²) >= 11 is 17.8. The molecule has 0 fully saturated rings. The zero-order chi connectivity index (χ0) is 18.6. The topological polar surface area (TPSA) is 55.4 Å². The summed E-state index contributed by atoms with van der Waals surface area (Å²) in [6.07, 6.45) is -0.889. The summed E-state index contributed by atoms with van der Waals surface area (Å²) in [6.45, 7) is 3.39. The Kier molecular flexibility index (Phi) is 6.71. The molecule has 2 rings (SSSR count). The Morgan fingerprint density at radius 1 is 1.08 bits per heavy atom. The van der Waals surface area contributed by atoms with Gasteiger partial charge in [0, 0.05) is 0 Å². The molecule has 0 heterocycles. The number of rotatable bonds is 5. The SMILES string of the molecule is Cc1ccccc1CC(=O)OC(C)C(=O)Nc1cc(Cl)c(Cl)cc1Cl. The summed E-state index contributed by atoms with van der Waals surface area (Å²) in [5.41, 5.74) is 2.13. The van der Waals surface area contributed by atoms with Crippen molar-refractivity contribution in [2.45, 2.75) is 26.4 Å². The fourth-order valence-electron chi connectivity index (χ4n) is 2.11. The minimum absolute atomic E-state index is 0.0951. The zero-order valence-electron chi connectivity index (χ0n) is 13.6. The van der Waals surface area contributed by atoms with Crippen molar-refractivity contribution in [3.8, 4) is 0 Å². The number of nitrogens with one attached hydrogen (secondary N) is 1. The average Bonchev–Trinajstić information content (AvgIpc) is 2.54. The largest absolute Gasteiger partial charge is 0.452 e. The number of ether oxygens (including phenoxy) is 1. The highest BCUT2D eigenvalue weighted by atomic mass is 35.5. The van der Waals surface area contributed by atoms with Crippen LogP contribution in [0.1, 0.15) is 18.1 Å². The monoisotopic (exact) mass is 399 g/mol. The minimum Gasteiger partial charge on any atom is -0.452 e. The van der Waals surface area contributed by atoms with E-state index in [0.717, 1.165) is 11.1 Å². The van der Waals surface area contributed by atoms with Crippen molar-refractivity contribution in [1.82, 2.24) is 0 Å². The lowest BCUT2D eigenvalue weighted by molar-refractivity contribution is -0.152. The Labute approximate surface area is 161 Å². The molecule has 4 nitrogen and oxygen atoms in total. The summed E-state index contributed by atoms with van der Waals surface area (Å²) in [5.74, 6) is -1.00. The number of aryl methyl sites for hydroxylation is 1. The van der Waals surface area contributed by atoms with Gasteiger partial charge >= 0.3 is 5.97 Å². The van der Waals surface area contributed by atoms with Gasteiger partial charge < -0.3 is 10.1 Å². The molecule has 1 N–H and O–H groups in total. The molecule has 1 atom stereocenters. The summed E-state index contributed by atoms with van der Waals surface area (Å²) in [7, 11) is 0. The van der Waals surface area contributed by atoms with Crippen molar-refractivity contribution in [3.63, 3.8) is 0 Å². The van der Waals surface area contributed by atoms with Gasteiger partial charge in [-0.3, -0.25) is 9.59 Å². The maximum atomic E-state index is 12.2. The molecule has 0 aliphatic carbocycles. The van der Waals surface area contributed by atoms with Gasteiger partial charge in [-0.15, -0.1) is 0 Å². The highest BCUT2D eigenvalue weighted by Gasteiger charge is 2.20. The van der Waals surface area contributed by atoms with Crippen molar-refractivity contribution in [2.75, 3.05) is 5.32 Å². The predicted molar refractivity (Wildman–Crippen MR) is 101 cm³/mol. The summed E-state index contributed by atoms with van der Waals surface area (Å²) < 4.78 is 5.18. The molecule has 0 spiro atoms. The van der Waals surface area contributed by atoms with Crippen LogP contribution in [0.5, 0.6) is 0 Å². The standard InChI is InChI=1S/C18H16Cl3NO3/c1-10-5-3-4-6-12(10)7-17(23)25-11(2)18(24)22-16-9-14(20)13(19)8-15(16)21/h3-6,8-9,11H,7H2,1-2H3,(H,22,24). The molecule has 0 bridgehead atoms. The quantitative estimate of drug-likeness (QED) is 0.563. The lowest BCUT2D eigenvalue weighted by atomic mass is 10.1. The number of carbonyl (C=O) groups is 2. The third kappa shape index (κ3) is 5.36. The first-order valence-corrected chi connectivity index (χ1v) is 8.60. The number of amides is 1. The first-order valence-electron chi connectivity index (χ1n) is 7.47. The molecule has 1 amide bonds. The number of anilines is 1. The van der Waals surface area contributed by atoms with Crippen LogP contribution in [0.15, 0.2) is 36.4 Å². The van der Waals surface area contributed by atoms with E-state index in [1.165, 1.54) is 19.1 Å². The molecule has 0 aromatic heterocycles. The average molecular weight is 401 g/mol. The normalized spacial score (nSPS) is 11.7. The van der Waals surface area contributed by atoms with E-state index in [2.05, 4.69) is 5.32 Å². The van der Waals surface area contributed by atoms with Crippen LogP contribution in [0.25, 0.3) is 0 Å². The van der Waals surface area contributed by atoms with Gasteiger partial charge in [-0.25, -0.2) is 0 Å². The highest BCUT2D eigenvalue weighted by molar-refractivity contribution is 6.44. The number of benzene rings is 2. The van der Waals surface area contributed by atoms with Crippen molar-refractivity contribution < 1.29 is 14.3 Å². The first-order chi connectivity index (χ1) is 11.8. The zero-order valence-corrected chi connectivity index (χ0v) is 15.9. The van der Waals surface area contributed by atoms with Gasteiger partial charge in [-0.1, -0.05) is 59.1 Å². The molecule has 0 radical (unpaired) electrons. The van der Waals surface area contributed by atoms with Gasteiger partial charge in [0.15, 0.2) is 6.10 Å². The molecule has 2 aromatic rings. The number of carbonyl (C=O) groups excluding carboxylic acids is 2. The van der Waals surface area contributed by atoms with Crippen LogP contribution >= 0.6 is 34.8 Å². The Balaban J connectivity index is 1.97. The van der Waals surface area contributed by atoms with Crippen molar-refractivity contribution in [3.05, 3.63) is 62.6 Å². The molecule has 0 saturated carbocycles.